The maximum absolute atomic E-state index is 12.3. The zero-order valence-electron chi connectivity index (χ0n) is 10.9. The highest BCUT2D eigenvalue weighted by Gasteiger charge is 2.25. The van der Waals surface area contributed by atoms with Gasteiger partial charge in [-0.25, -0.2) is 4.98 Å². The van der Waals surface area contributed by atoms with Crippen LogP contribution in [0.5, 0.6) is 0 Å². The van der Waals surface area contributed by atoms with Crippen LogP contribution in [0.4, 0.5) is 0 Å². The Balaban J connectivity index is 2.12. The molecule has 0 N–H and O–H groups in total. The molecule has 1 aliphatic rings. The average molecular weight is 267 g/mol. The van der Waals surface area contributed by atoms with Crippen molar-refractivity contribution in [2.75, 3.05) is 13.6 Å². The van der Waals surface area contributed by atoms with E-state index >= 15 is 0 Å². The molecule has 0 atom stereocenters. The average Bonchev–Trinajstić information content (AvgIpc) is 3.11. The maximum Gasteiger partial charge on any atom is 0.253 e. The summed E-state index contributed by atoms with van der Waals surface area (Å²) in [6.45, 7) is 2.94. The first kappa shape index (κ1) is 13.3. The second-order valence-electron chi connectivity index (χ2n) is 5.05. The molecule has 0 radical (unpaired) electrons. The zero-order valence-corrected chi connectivity index (χ0v) is 11.7. The van der Waals surface area contributed by atoms with Gasteiger partial charge in [-0.15, -0.1) is 0 Å². The number of carbonyl (C=O) groups is 1. The standard InChI is InChI=1S/C14H19ClN2O/c1-3-4-12-7-11(8-13(15)16-12)14(18)17(2)9-10-5-6-10/h7-8,10H,3-6,9H2,1-2H3. The molecule has 1 amide bonds. The summed E-state index contributed by atoms with van der Waals surface area (Å²) < 4.78 is 0. The van der Waals surface area contributed by atoms with Gasteiger partial charge in [-0.3, -0.25) is 4.79 Å². The van der Waals surface area contributed by atoms with Gasteiger partial charge in [-0.05, 0) is 37.3 Å². The monoisotopic (exact) mass is 266 g/mol. The third-order valence-electron chi connectivity index (χ3n) is 3.18. The summed E-state index contributed by atoms with van der Waals surface area (Å²) in [4.78, 5) is 18.3. The van der Waals surface area contributed by atoms with E-state index in [1.165, 1.54) is 12.8 Å². The van der Waals surface area contributed by atoms with E-state index in [1.54, 1.807) is 11.0 Å². The third-order valence-corrected chi connectivity index (χ3v) is 3.37. The highest BCUT2D eigenvalue weighted by Crippen LogP contribution is 2.29. The summed E-state index contributed by atoms with van der Waals surface area (Å²) in [5.74, 6) is 0.745. The van der Waals surface area contributed by atoms with Gasteiger partial charge in [0.15, 0.2) is 0 Å². The van der Waals surface area contributed by atoms with E-state index in [4.69, 9.17) is 11.6 Å². The van der Waals surface area contributed by atoms with E-state index in [9.17, 15) is 4.79 Å². The van der Waals surface area contributed by atoms with E-state index in [0.717, 1.165) is 25.1 Å². The van der Waals surface area contributed by atoms with Gasteiger partial charge in [0.25, 0.3) is 5.91 Å². The molecule has 0 aromatic carbocycles. The van der Waals surface area contributed by atoms with Crippen LogP contribution in [-0.2, 0) is 6.42 Å². The predicted molar refractivity (Wildman–Crippen MR) is 72.9 cm³/mol. The summed E-state index contributed by atoms with van der Waals surface area (Å²) >= 11 is 5.97. The number of aromatic nitrogens is 1. The quantitative estimate of drug-likeness (QED) is 0.767. The van der Waals surface area contributed by atoms with Gasteiger partial charge in [0.05, 0.1) is 0 Å². The van der Waals surface area contributed by atoms with Gasteiger partial charge in [-0.2, -0.15) is 0 Å². The van der Waals surface area contributed by atoms with Gasteiger partial charge in [0.1, 0.15) is 5.15 Å². The third kappa shape index (κ3) is 3.45. The molecule has 98 valence electrons. The molecule has 18 heavy (non-hydrogen) atoms. The first-order chi connectivity index (χ1) is 8.60. The van der Waals surface area contributed by atoms with Crippen LogP contribution in [0.15, 0.2) is 12.1 Å². The lowest BCUT2D eigenvalue weighted by Gasteiger charge is -2.17. The highest BCUT2D eigenvalue weighted by molar-refractivity contribution is 6.29. The van der Waals surface area contributed by atoms with Crippen LogP contribution in [0, 0.1) is 5.92 Å². The van der Waals surface area contributed by atoms with Crippen molar-refractivity contribution in [1.29, 1.82) is 0 Å². The summed E-state index contributed by atoms with van der Waals surface area (Å²) in [6, 6.07) is 3.52. The number of amides is 1. The molecule has 3 nitrogen and oxygen atoms in total. The van der Waals surface area contributed by atoms with Crippen molar-refractivity contribution in [3.05, 3.63) is 28.5 Å². The number of nitrogens with zero attached hydrogens (tertiary/aromatic N) is 2. The fourth-order valence-corrected chi connectivity index (χ4v) is 2.28. The minimum Gasteiger partial charge on any atom is -0.341 e. The van der Waals surface area contributed by atoms with Crippen LogP contribution >= 0.6 is 11.6 Å². The molecule has 1 aromatic rings. The topological polar surface area (TPSA) is 33.2 Å². The Morgan fingerprint density at radius 3 is 2.83 bits per heavy atom. The molecule has 0 saturated heterocycles. The van der Waals surface area contributed by atoms with Crippen LogP contribution in [0.3, 0.4) is 0 Å². The van der Waals surface area contributed by atoms with Crippen LogP contribution in [-0.4, -0.2) is 29.4 Å². The van der Waals surface area contributed by atoms with E-state index in [-0.39, 0.29) is 5.91 Å². The number of hydrogen-bond acceptors (Lipinski definition) is 2. The molecular weight excluding hydrogens is 248 g/mol. The lowest BCUT2D eigenvalue weighted by Crippen LogP contribution is -2.28. The summed E-state index contributed by atoms with van der Waals surface area (Å²) in [6.07, 6.45) is 4.34. The number of hydrogen-bond donors (Lipinski definition) is 0. The first-order valence-corrected chi connectivity index (χ1v) is 6.90. The summed E-state index contributed by atoms with van der Waals surface area (Å²) in [7, 11) is 1.86. The lowest BCUT2D eigenvalue weighted by molar-refractivity contribution is 0.0788. The van der Waals surface area contributed by atoms with Crippen LogP contribution in [0.25, 0.3) is 0 Å². The van der Waals surface area contributed by atoms with Crippen molar-refractivity contribution in [2.45, 2.75) is 32.6 Å². The molecule has 1 aliphatic carbocycles. The number of halogens is 1. The van der Waals surface area contributed by atoms with Crippen molar-refractivity contribution < 1.29 is 4.79 Å². The second kappa shape index (κ2) is 5.70. The Labute approximate surface area is 113 Å². The van der Waals surface area contributed by atoms with Gasteiger partial charge in [-0.1, -0.05) is 24.9 Å². The Hall–Kier alpha value is -1.09. The Morgan fingerprint density at radius 2 is 2.22 bits per heavy atom. The number of pyridine rings is 1. The Kier molecular flexibility index (Phi) is 4.23. The van der Waals surface area contributed by atoms with Crippen LogP contribution in [0.1, 0.15) is 42.2 Å². The Morgan fingerprint density at radius 1 is 1.50 bits per heavy atom. The second-order valence-corrected chi connectivity index (χ2v) is 5.44. The summed E-state index contributed by atoms with van der Waals surface area (Å²) in [5.41, 5.74) is 1.55. The number of rotatable bonds is 5. The smallest absolute Gasteiger partial charge is 0.253 e. The summed E-state index contributed by atoms with van der Waals surface area (Å²) in [5, 5.41) is 0.407. The lowest BCUT2D eigenvalue weighted by atomic mass is 10.1. The van der Waals surface area contributed by atoms with Crippen molar-refractivity contribution in [3.63, 3.8) is 0 Å². The van der Waals surface area contributed by atoms with Gasteiger partial charge >= 0.3 is 0 Å². The molecule has 0 bridgehead atoms. The highest BCUT2D eigenvalue weighted by atomic mass is 35.5. The molecule has 1 saturated carbocycles. The van der Waals surface area contributed by atoms with Crippen LogP contribution < -0.4 is 0 Å². The van der Waals surface area contributed by atoms with Crippen molar-refractivity contribution in [3.8, 4) is 0 Å². The first-order valence-electron chi connectivity index (χ1n) is 6.52. The molecule has 0 aliphatic heterocycles. The van der Waals surface area contributed by atoms with Crippen LogP contribution in [0.2, 0.25) is 5.15 Å². The normalized spacial score (nSPS) is 14.6. The maximum atomic E-state index is 12.3. The van der Waals surface area contributed by atoms with Crippen molar-refractivity contribution in [1.82, 2.24) is 9.88 Å². The SMILES string of the molecule is CCCc1cc(C(=O)N(C)CC2CC2)cc(Cl)n1. The van der Waals surface area contributed by atoms with Crippen molar-refractivity contribution >= 4 is 17.5 Å². The minimum atomic E-state index is 0.0450. The molecule has 0 spiro atoms. The van der Waals surface area contributed by atoms with E-state index in [1.807, 2.05) is 13.1 Å². The molecule has 1 fully saturated rings. The Bertz CT molecular complexity index is 443. The number of carbonyl (C=O) groups excluding carboxylic acids is 1. The molecule has 4 heteroatoms. The van der Waals surface area contributed by atoms with Gasteiger partial charge in [0.2, 0.25) is 0 Å². The largest absolute Gasteiger partial charge is 0.341 e. The fraction of sp³-hybridized carbons (Fsp3) is 0.571. The fourth-order valence-electron chi connectivity index (χ4n) is 2.05. The zero-order chi connectivity index (χ0) is 13.1. The van der Waals surface area contributed by atoms with Gasteiger partial charge in [0, 0.05) is 24.8 Å². The van der Waals surface area contributed by atoms with Crippen molar-refractivity contribution in [2.24, 2.45) is 5.92 Å². The molecule has 1 heterocycles. The molecule has 2 rings (SSSR count). The van der Waals surface area contributed by atoms with Gasteiger partial charge < -0.3 is 4.90 Å². The van der Waals surface area contributed by atoms with E-state index in [2.05, 4.69) is 11.9 Å². The molecule has 1 aromatic heterocycles. The molecular formula is C14H19ClN2O. The minimum absolute atomic E-state index is 0.0450. The molecule has 0 unspecified atom stereocenters. The van der Waals surface area contributed by atoms with E-state index in [0.29, 0.717) is 16.6 Å². The number of aryl methyl sites for hydroxylation is 1. The van der Waals surface area contributed by atoms with E-state index < -0.39 is 0 Å². The predicted octanol–water partition coefficient (Wildman–Crippen LogP) is 3.17.